The molecule has 1 saturated carbocycles. The highest BCUT2D eigenvalue weighted by molar-refractivity contribution is 6.01. The Hall–Kier alpha value is -3.69. The van der Waals surface area contributed by atoms with Gasteiger partial charge in [-0.1, -0.05) is 17.1 Å². The molecular formula is C24H27FN8O+2. The van der Waals surface area contributed by atoms with Crippen LogP contribution < -0.4 is 16.0 Å². The minimum absolute atomic E-state index is 0.0973. The first kappa shape index (κ1) is 22.1. The fraction of sp³-hybridized carbons (Fsp3) is 0.333. The van der Waals surface area contributed by atoms with E-state index in [9.17, 15) is 9.18 Å². The van der Waals surface area contributed by atoms with Crippen molar-refractivity contribution in [3.63, 3.8) is 0 Å². The number of aliphatic imine (C=N–C) groups is 1. The molecule has 4 aliphatic rings. The van der Waals surface area contributed by atoms with Crippen molar-refractivity contribution in [2.45, 2.75) is 18.9 Å². The maximum atomic E-state index is 14.1. The molecule has 3 N–H and O–H groups in total. The Morgan fingerprint density at radius 3 is 2.88 bits per heavy atom. The second-order valence-corrected chi connectivity index (χ2v) is 8.64. The van der Waals surface area contributed by atoms with Crippen LogP contribution in [0.15, 0.2) is 63.2 Å². The lowest BCUT2D eigenvalue weighted by atomic mass is 10.1. The number of azo groups is 1. The molecule has 3 aliphatic heterocycles. The highest BCUT2D eigenvalue weighted by Gasteiger charge is 2.41. The Morgan fingerprint density at radius 2 is 2.15 bits per heavy atom. The monoisotopic (exact) mass is 462 g/mol. The summed E-state index contributed by atoms with van der Waals surface area (Å²) in [5.41, 5.74) is 1.77. The molecule has 3 heterocycles. The smallest absolute Gasteiger partial charge is 0.343 e. The number of carbonyl (C=O) groups is 1. The normalized spacial score (nSPS) is 20.9. The molecule has 1 aliphatic carbocycles. The zero-order valence-corrected chi connectivity index (χ0v) is 19.1. The van der Waals surface area contributed by atoms with Crippen LogP contribution in [0.1, 0.15) is 23.2 Å². The zero-order chi connectivity index (χ0) is 23.7. The molecule has 0 bridgehead atoms. The van der Waals surface area contributed by atoms with Crippen LogP contribution in [0.3, 0.4) is 0 Å². The molecule has 0 spiro atoms. The van der Waals surface area contributed by atoms with E-state index in [1.165, 1.54) is 6.20 Å². The van der Waals surface area contributed by atoms with Crippen molar-refractivity contribution < 1.29 is 18.3 Å². The summed E-state index contributed by atoms with van der Waals surface area (Å²) in [4.78, 5) is 17.5. The van der Waals surface area contributed by atoms with Crippen LogP contribution in [0.5, 0.6) is 0 Å². The lowest BCUT2D eigenvalue weighted by Gasteiger charge is -2.15. The number of hydrogen-bond donors (Lipinski definition) is 3. The first-order valence-corrected chi connectivity index (χ1v) is 11.3. The van der Waals surface area contributed by atoms with Gasteiger partial charge in [0.1, 0.15) is 18.4 Å². The lowest BCUT2D eigenvalue weighted by Crippen LogP contribution is -2.43. The first-order valence-electron chi connectivity index (χ1n) is 11.3. The molecule has 1 aromatic rings. The second kappa shape index (κ2) is 9.28. The number of hydrogen-bond acceptors (Lipinski definition) is 6. The molecule has 9 nitrogen and oxygen atoms in total. The molecule has 0 aromatic heterocycles. The van der Waals surface area contributed by atoms with Gasteiger partial charge in [-0.25, -0.2) is 13.5 Å². The van der Waals surface area contributed by atoms with Gasteiger partial charge in [0, 0.05) is 24.0 Å². The summed E-state index contributed by atoms with van der Waals surface area (Å²) in [6.45, 7) is 2.81. The summed E-state index contributed by atoms with van der Waals surface area (Å²) in [5, 5.41) is 17.7. The Kier molecular flexibility index (Phi) is 6.04. The first-order chi connectivity index (χ1) is 16.5. The zero-order valence-electron chi connectivity index (χ0n) is 19.1. The predicted molar refractivity (Wildman–Crippen MR) is 127 cm³/mol. The van der Waals surface area contributed by atoms with Gasteiger partial charge in [0.25, 0.3) is 5.91 Å². The topological polar surface area (TPSA) is 96.3 Å². The van der Waals surface area contributed by atoms with Crippen LogP contribution in [0, 0.1) is 18.6 Å². The minimum Gasteiger partial charge on any atom is -0.385 e. The maximum absolute atomic E-state index is 14.1. The fourth-order valence-electron chi connectivity index (χ4n) is 4.11. The fourth-order valence-corrected chi connectivity index (χ4v) is 4.11. The summed E-state index contributed by atoms with van der Waals surface area (Å²) in [6.07, 6.45) is 7.49. The van der Waals surface area contributed by atoms with Gasteiger partial charge in [0.15, 0.2) is 6.21 Å². The van der Waals surface area contributed by atoms with E-state index in [-0.39, 0.29) is 17.8 Å². The van der Waals surface area contributed by atoms with E-state index in [4.69, 9.17) is 0 Å². The summed E-state index contributed by atoms with van der Waals surface area (Å²) in [7, 11) is 3.75. The predicted octanol–water partition coefficient (Wildman–Crippen LogP) is 2.23. The number of nitrogens with zero attached hydrogens (tertiary/aromatic N) is 5. The SMILES string of the molecule is C[N+]1=C([C@H](NC(=O)c2cccc(NCC3=[N+](C)[C](C4=CCNC=C4F)N=N3)c2)C2CC2)N=C[CH]1. The van der Waals surface area contributed by atoms with E-state index in [0.717, 1.165) is 24.4 Å². The van der Waals surface area contributed by atoms with Crippen molar-refractivity contribution in [2.24, 2.45) is 21.1 Å². The number of amides is 1. The minimum atomic E-state index is -0.366. The quantitative estimate of drug-likeness (QED) is 0.517. The molecule has 1 amide bonds. The number of dihydropyridines is 1. The van der Waals surface area contributed by atoms with E-state index in [1.807, 2.05) is 43.4 Å². The maximum Gasteiger partial charge on any atom is 0.343 e. The van der Waals surface area contributed by atoms with Gasteiger partial charge in [-0.3, -0.25) is 4.79 Å². The number of anilines is 1. The molecular weight excluding hydrogens is 435 g/mol. The number of benzene rings is 1. The van der Waals surface area contributed by atoms with Crippen LogP contribution in [-0.2, 0) is 0 Å². The Balaban J connectivity index is 1.24. The van der Waals surface area contributed by atoms with Crippen LogP contribution in [-0.4, -0.2) is 66.2 Å². The Labute approximate surface area is 197 Å². The third-order valence-electron chi connectivity index (χ3n) is 6.21. The molecule has 34 heavy (non-hydrogen) atoms. The van der Waals surface area contributed by atoms with E-state index in [1.54, 1.807) is 22.9 Å². The van der Waals surface area contributed by atoms with Crippen molar-refractivity contribution in [3.05, 3.63) is 66.2 Å². The number of carbonyl (C=O) groups excluding carboxylic acids is 1. The van der Waals surface area contributed by atoms with Crippen LogP contribution in [0.2, 0.25) is 0 Å². The van der Waals surface area contributed by atoms with Gasteiger partial charge in [-0.15, -0.1) is 0 Å². The second-order valence-electron chi connectivity index (χ2n) is 8.64. The highest BCUT2D eigenvalue weighted by Crippen LogP contribution is 2.34. The number of likely N-dealkylation sites (N-methyl/N-ethyl adjacent to an activating group) is 1. The van der Waals surface area contributed by atoms with Crippen molar-refractivity contribution in [2.75, 3.05) is 32.5 Å². The van der Waals surface area contributed by atoms with Crippen molar-refractivity contribution in [1.29, 1.82) is 0 Å². The van der Waals surface area contributed by atoms with Gasteiger partial charge in [-0.05, 0) is 42.1 Å². The third kappa shape index (κ3) is 4.52. The Morgan fingerprint density at radius 1 is 1.29 bits per heavy atom. The molecule has 0 saturated heterocycles. The average molecular weight is 463 g/mol. The number of nitrogens with one attached hydrogen (secondary N) is 3. The molecule has 174 valence electrons. The average Bonchev–Trinajstić information content (AvgIpc) is 3.50. The van der Waals surface area contributed by atoms with E-state index < -0.39 is 0 Å². The van der Waals surface area contributed by atoms with Crippen LogP contribution >= 0.6 is 0 Å². The van der Waals surface area contributed by atoms with Crippen molar-refractivity contribution in [1.82, 2.24) is 10.6 Å². The standard InChI is InChI=1S/C24H27FN8O/c1-32-11-10-27-23(32)21(15-6-7-15)29-24(34)16-4-3-5-17(12-16)28-14-20-30-31-22(33(20)2)18-8-9-26-13-19(18)25/h3-5,8,10-13,15,21,26,28H,6-7,9,14H2,1-2H3,(H,29,34)/q+2/t21-/m1/s1. The van der Waals surface area contributed by atoms with Gasteiger partial charge in [0.05, 0.1) is 24.8 Å². The van der Waals surface area contributed by atoms with Crippen molar-refractivity contribution in [3.8, 4) is 0 Å². The Bertz CT molecular complexity index is 1190. The number of rotatable bonds is 8. The third-order valence-corrected chi connectivity index (χ3v) is 6.21. The van der Waals surface area contributed by atoms with Crippen LogP contribution in [0.4, 0.5) is 10.1 Å². The van der Waals surface area contributed by atoms with Crippen LogP contribution in [0.25, 0.3) is 0 Å². The molecule has 5 rings (SSSR count). The molecule has 1 atom stereocenters. The van der Waals surface area contributed by atoms with E-state index in [2.05, 4.69) is 31.2 Å². The summed E-state index contributed by atoms with van der Waals surface area (Å²) >= 11 is 0. The molecule has 1 fully saturated rings. The van der Waals surface area contributed by atoms with Crippen molar-refractivity contribution >= 4 is 29.5 Å². The number of halogens is 1. The van der Waals surface area contributed by atoms with Gasteiger partial charge < -0.3 is 16.0 Å². The van der Waals surface area contributed by atoms with Gasteiger partial charge >= 0.3 is 17.8 Å². The van der Waals surface area contributed by atoms with Gasteiger partial charge in [-0.2, -0.15) is 0 Å². The molecule has 10 heteroatoms. The molecule has 2 radical (unpaired) electrons. The lowest BCUT2D eigenvalue weighted by molar-refractivity contribution is -0.472. The van der Waals surface area contributed by atoms with Gasteiger partial charge in [0.2, 0.25) is 6.54 Å². The largest absolute Gasteiger partial charge is 0.385 e. The summed E-state index contributed by atoms with van der Waals surface area (Å²) in [5.74, 6) is 1.45. The molecule has 1 aromatic carbocycles. The van der Waals surface area contributed by atoms with E-state index >= 15 is 0 Å². The summed E-state index contributed by atoms with van der Waals surface area (Å²) < 4.78 is 17.9. The molecule has 0 unspecified atom stereocenters. The van der Waals surface area contributed by atoms with E-state index in [0.29, 0.717) is 42.1 Å². The highest BCUT2D eigenvalue weighted by atomic mass is 19.1. The summed E-state index contributed by atoms with van der Waals surface area (Å²) in [6, 6.07) is 7.24. The number of amidine groups is 2.